The van der Waals surface area contributed by atoms with Crippen LogP contribution in [-0.2, 0) is 0 Å². The highest BCUT2D eigenvalue weighted by atomic mass is 16.1. The minimum absolute atomic E-state index is 0.00902. The molecule has 2 aromatic carbocycles. The van der Waals surface area contributed by atoms with E-state index in [4.69, 9.17) is 0 Å². The maximum atomic E-state index is 12.5. The largest absolute Gasteiger partial charge is 0.364 e. The van der Waals surface area contributed by atoms with Gasteiger partial charge in [-0.05, 0) is 55.8 Å². The molecule has 0 saturated heterocycles. The van der Waals surface area contributed by atoms with Crippen LogP contribution >= 0.6 is 0 Å². The fraction of sp³-hybridized carbons (Fsp3) is 0.136. The van der Waals surface area contributed by atoms with Crippen molar-refractivity contribution in [1.29, 1.82) is 0 Å². The van der Waals surface area contributed by atoms with Gasteiger partial charge in [0.2, 0.25) is 0 Å². The van der Waals surface area contributed by atoms with Gasteiger partial charge < -0.3 is 10.6 Å². The molecule has 3 aromatic rings. The summed E-state index contributed by atoms with van der Waals surface area (Å²) in [7, 11) is 0. The number of aromatic nitrogens is 1. The highest BCUT2D eigenvalue weighted by Crippen LogP contribution is 2.19. The van der Waals surface area contributed by atoms with E-state index in [0.717, 1.165) is 5.56 Å². The molecule has 0 aliphatic rings. The third-order valence-electron chi connectivity index (χ3n) is 4.24. The molecule has 0 fully saturated rings. The lowest BCUT2D eigenvalue weighted by Crippen LogP contribution is -2.13. The molecule has 1 heterocycles. The summed E-state index contributed by atoms with van der Waals surface area (Å²) >= 11 is 0. The molecule has 2 N–H and O–H groups in total. The number of anilines is 2. The molecule has 1 amide bonds. The van der Waals surface area contributed by atoms with Crippen LogP contribution in [0.2, 0.25) is 0 Å². The summed E-state index contributed by atoms with van der Waals surface area (Å²) in [5.74, 6) is 0.389. The Bertz CT molecular complexity index is 937. The fourth-order valence-electron chi connectivity index (χ4n) is 2.69. The Balaban J connectivity index is 1.69. The van der Waals surface area contributed by atoms with E-state index < -0.39 is 0 Å². The Morgan fingerprint density at radius 2 is 1.63 bits per heavy atom. The second-order valence-electron chi connectivity index (χ2n) is 6.29. The Morgan fingerprint density at radius 1 is 0.926 bits per heavy atom. The van der Waals surface area contributed by atoms with Crippen molar-refractivity contribution in [3.63, 3.8) is 0 Å². The van der Waals surface area contributed by atoms with E-state index in [9.17, 15) is 9.59 Å². The van der Waals surface area contributed by atoms with E-state index in [-0.39, 0.29) is 17.7 Å². The van der Waals surface area contributed by atoms with Gasteiger partial charge in [-0.15, -0.1) is 0 Å². The number of amides is 1. The van der Waals surface area contributed by atoms with Crippen molar-refractivity contribution in [3.05, 3.63) is 89.6 Å². The molecular weight excluding hydrogens is 338 g/mol. The first kappa shape index (κ1) is 18.3. The normalized spacial score (nSPS) is 11.5. The minimum Gasteiger partial charge on any atom is -0.364 e. The van der Waals surface area contributed by atoms with Crippen LogP contribution in [0.3, 0.4) is 0 Å². The number of nitrogens with zero attached hydrogens (tertiary/aromatic N) is 1. The zero-order valence-electron chi connectivity index (χ0n) is 15.3. The number of pyridine rings is 1. The molecule has 1 aromatic heterocycles. The average molecular weight is 359 g/mol. The molecule has 1 atom stereocenters. The molecule has 0 spiro atoms. The molecular formula is C22H21N3O2. The summed E-state index contributed by atoms with van der Waals surface area (Å²) in [5.41, 5.74) is 2.88. The number of Topliss-reactive ketones (excluding diaryl/α,β-unsaturated/α-hetero) is 1. The molecule has 0 radical (unpaired) electrons. The summed E-state index contributed by atoms with van der Waals surface area (Å²) in [6.45, 7) is 3.55. The smallest absolute Gasteiger partial charge is 0.255 e. The first-order valence-electron chi connectivity index (χ1n) is 8.73. The number of ketones is 1. The van der Waals surface area contributed by atoms with Crippen molar-refractivity contribution < 1.29 is 9.59 Å². The van der Waals surface area contributed by atoms with E-state index in [0.29, 0.717) is 22.6 Å². The van der Waals surface area contributed by atoms with Gasteiger partial charge in [0.1, 0.15) is 5.82 Å². The molecule has 0 saturated carbocycles. The van der Waals surface area contributed by atoms with Gasteiger partial charge in [0.25, 0.3) is 5.91 Å². The van der Waals surface area contributed by atoms with Crippen molar-refractivity contribution in [2.24, 2.45) is 0 Å². The van der Waals surface area contributed by atoms with Crippen LogP contribution in [0.5, 0.6) is 0 Å². The number of hydrogen-bond donors (Lipinski definition) is 2. The van der Waals surface area contributed by atoms with Crippen molar-refractivity contribution in [1.82, 2.24) is 4.98 Å². The van der Waals surface area contributed by atoms with E-state index in [1.54, 1.807) is 42.6 Å². The Kier molecular flexibility index (Phi) is 5.61. The molecule has 0 aliphatic carbocycles. The van der Waals surface area contributed by atoms with Crippen molar-refractivity contribution in [3.8, 4) is 0 Å². The van der Waals surface area contributed by atoms with Crippen molar-refractivity contribution >= 4 is 23.2 Å². The predicted molar refractivity (Wildman–Crippen MR) is 107 cm³/mol. The molecule has 0 aliphatic heterocycles. The summed E-state index contributed by atoms with van der Waals surface area (Å²) in [6.07, 6.45) is 1.60. The lowest BCUT2D eigenvalue weighted by atomic mass is 10.1. The maximum absolute atomic E-state index is 12.5. The fourth-order valence-corrected chi connectivity index (χ4v) is 2.69. The summed E-state index contributed by atoms with van der Waals surface area (Å²) < 4.78 is 0. The Hall–Kier alpha value is -3.47. The van der Waals surface area contributed by atoms with Gasteiger partial charge in [0, 0.05) is 29.1 Å². The monoisotopic (exact) mass is 359 g/mol. The van der Waals surface area contributed by atoms with Crippen LogP contribution in [0, 0.1) is 0 Å². The van der Waals surface area contributed by atoms with Gasteiger partial charge in [-0.25, -0.2) is 4.98 Å². The first-order chi connectivity index (χ1) is 13.0. The highest BCUT2D eigenvalue weighted by Gasteiger charge is 2.10. The lowest BCUT2D eigenvalue weighted by Gasteiger charge is -2.15. The maximum Gasteiger partial charge on any atom is 0.255 e. The number of nitrogens with one attached hydrogen (secondary N) is 2. The van der Waals surface area contributed by atoms with E-state index in [1.807, 2.05) is 37.3 Å². The number of benzene rings is 2. The molecule has 5 nitrogen and oxygen atoms in total. The zero-order chi connectivity index (χ0) is 19.2. The number of carbonyl (C=O) groups excluding carboxylic acids is 2. The highest BCUT2D eigenvalue weighted by molar-refractivity contribution is 6.05. The third kappa shape index (κ3) is 4.79. The summed E-state index contributed by atoms with van der Waals surface area (Å²) in [4.78, 5) is 28.1. The lowest BCUT2D eigenvalue weighted by molar-refractivity contribution is 0.101. The van der Waals surface area contributed by atoms with E-state index in [2.05, 4.69) is 15.6 Å². The molecule has 1 unspecified atom stereocenters. The van der Waals surface area contributed by atoms with Gasteiger partial charge in [0.05, 0.1) is 0 Å². The third-order valence-corrected chi connectivity index (χ3v) is 4.24. The quantitative estimate of drug-likeness (QED) is 0.625. The zero-order valence-corrected chi connectivity index (χ0v) is 15.3. The van der Waals surface area contributed by atoms with Crippen LogP contribution in [0.25, 0.3) is 0 Å². The topological polar surface area (TPSA) is 71.1 Å². The summed E-state index contributed by atoms with van der Waals surface area (Å²) in [6, 6.07) is 20.3. The van der Waals surface area contributed by atoms with Crippen LogP contribution in [-0.4, -0.2) is 16.7 Å². The van der Waals surface area contributed by atoms with Crippen LogP contribution in [0.1, 0.15) is 46.2 Å². The average Bonchev–Trinajstić information content (AvgIpc) is 2.69. The van der Waals surface area contributed by atoms with E-state index in [1.165, 1.54) is 6.92 Å². The van der Waals surface area contributed by atoms with Gasteiger partial charge in [-0.2, -0.15) is 0 Å². The van der Waals surface area contributed by atoms with Crippen molar-refractivity contribution in [2.45, 2.75) is 19.9 Å². The molecule has 5 heteroatoms. The second-order valence-corrected chi connectivity index (χ2v) is 6.29. The van der Waals surface area contributed by atoms with Crippen molar-refractivity contribution in [2.75, 3.05) is 10.6 Å². The van der Waals surface area contributed by atoms with Gasteiger partial charge in [0.15, 0.2) is 5.78 Å². The van der Waals surface area contributed by atoms with Crippen LogP contribution < -0.4 is 10.6 Å². The second kappa shape index (κ2) is 8.27. The number of hydrogen-bond acceptors (Lipinski definition) is 4. The van der Waals surface area contributed by atoms with E-state index >= 15 is 0 Å². The first-order valence-corrected chi connectivity index (χ1v) is 8.73. The Labute approximate surface area is 158 Å². The van der Waals surface area contributed by atoms with Gasteiger partial charge in [-0.3, -0.25) is 9.59 Å². The molecule has 27 heavy (non-hydrogen) atoms. The SMILES string of the molecule is CC(=O)c1ccc(NC(=O)c2ccnc(NC(C)c3ccccc3)c2)cc1. The molecule has 136 valence electrons. The molecule has 0 bridgehead atoms. The number of carbonyl (C=O) groups is 2. The van der Waals surface area contributed by atoms with Gasteiger partial charge >= 0.3 is 0 Å². The standard InChI is InChI=1S/C22H21N3O2/c1-15(17-6-4-3-5-7-17)24-21-14-19(12-13-23-21)22(27)25-20-10-8-18(9-11-20)16(2)26/h3-15H,1-2H3,(H,23,24)(H,25,27). The minimum atomic E-state index is -0.233. The predicted octanol–water partition coefficient (Wildman–Crippen LogP) is 4.71. The number of rotatable bonds is 6. The van der Waals surface area contributed by atoms with Gasteiger partial charge in [-0.1, -0.05) is 30.3 Å². The molecule has 3 rings (SSSR count). The Morgan fingerprint density at radius 3 is 2.30 bits per heavy atom. The van der Waals surface area contributed by atoms with Crippen LogP contribution in [0.4, 0.5) is 11.5 Å². The summed E-state index contributed by atoms with van der Waals surface area (Å²) in [5, 5.41) is 6.14. The van der Waals surface area contributed by atoms with Crippen LogP contribution in [0.15, 0.2) is 72.9 Å².